The second kappa shape index (κ2) is 5.56. The second-order valence-corrected chi connectivity index (χ2v) is 5.79. The van der Waals surface area contributed by atoms with Crippen LogP contribution in [0.2, 0.25) is 0 Å². The van der Waals surface area contributed by atoms with E-state index >= 15 is 0 Å². The molecule has 0 amide bonds. The molecule has 0 unspecified atom stereocenters. The van der Waals surface area contributed by atoms with Gasteiger partial charge in [0.15, 0.2) is 5.78 Å². The van der Waals surface area contributed by atoms with Crippen LogP contribution in [0.15, 0.2) is 34.8 Å². The molecule has 0 spiro atoms. The summed E-state index contributed by atoms with van der Waals surface area (Å²) in [6.45, 7) is 0.571. The summed E-state index contributed by atoms with van der Waals surface area (Å²) in [7, 11) is 0. The smallest absolute Gasteiger partial charge is 0.170 e. The van der Waals surface area contributed by atoms with Crippen molar-refractivity contribution in [3.8, 4) is 5.75 Å². The van der Waals surface area contributed by atoms with Gasteiger partial charge in [-0.15, -0.1) is 0 Å². The molecule has 1 aliphatic heterocycles. The monoisotopic (exact) mass is 352 g/mol. The fourth-order valence-electron chi connectivity index (χ4n) is 2.46. The maximum Gasteiger partial charge on any atom is 0.170 e. The van der Waals surface area contributed by atoms with Gasteiger partial charge < -0.3 is 4.74 Å². The summed E-state index contributed by atoms with van der Waals surface area (Å²) in [6, 6.07) is 6.60. The zero-order chi connectivity index (χ0) is 15.0. The standard InChI is InChI=1S/C16H11BrF2O2/c17-11-5-9-3-4-21-16(9)10(6-11)7-15(20)13-8-12(18)1-2-14(13)19/h1-2,5-6,8H,3-4,7H2. The van der Waals surface area contributed by atoms with Crippen molar-refractivity contribution in [1.82, 2.24) is 0 Å². The Morgan fingerprint density at radius 1 is 1.24 bits per heavy atom. The maximum absolute atomic E-state index is 13.6. The average Bonchev–Trinajstić information content (AvgIpc) is 2.89. The van der Waals surface area contributed by atoms with Gasteiger partial charge in [0, 0.05) is 22.9 Å². The number of benzene rings is 2. The predicted molar refractivity (Wildman–Crippen MR) is 77.7 cm³/mol. The Kier molecular flexibility index (Phi) is 3.76. The molecule has 0 atom stereocenters. The Labute approximate surface area is 128 Å². The van der Waals surface area contributed by atoms with E-state index in [-0.39, 0.29) is 12.0 Å². The van der Waals surface area contributed by atoms with Crippen molar-refractivity contribution < 1.29 is 18.3 Å². The van der Waals surface area contributed by atoms with Crippen LogP contribution in [0.3, 0.4) is 0 Å². The molecule has 0 N–H and O–H groups in total. The van der Waals surface area contributed by atoms with Gasteiger partial charge in [0.05, 0.1) is 12.2 Å². The van der Waals surface area contributed by atoms with Crippen molar-refractivity contribution in [2.45, 2.75) is 12.8 Å². The molecule has 0 saturated carbocycles. The second-order valence-electron chi connectivity index (χ2n) is 4.88. The van der Waals surface area contributed by atoms with Crippen LogP contribution in [0.4, 0.5) is 8.78 Å². The van der Waals surface area contributed by atoms with E-state index < -0.39 is 17.4 Å². The van der Waals surface area contributed by atoms with Crippen LogP contribution in [0, 0.1) is 11.6 Å². The van der Waals surface area contributed by atoms with Gasteiger partial charge >= 0.3 is 0 Å². The molecule has 1 heterocycles. The van der Waals surface area contributed by atoms with Gasteiger partial charge in [-0.25, -0.2) is 8.78 Å². The summed E-state index contributed by atoms with van der Waals surface area (Å²) in [4.78, 5) is 12.2. The molecule has 2 aromatic rings. The normalized spacial score (nSPS) is 12.9. The first-order chi connectivity index (χ1) is 10.0. The highest BCUT2D eigenvalue weighted by atomic mass is 79.9. The van der Waals surface area contributed by atoms with E-state index in [1.165, 1.54) is 0 Å². The Morgan fingerprint density at radius 2 is 2.05 bits per heavy atom. The summed E-state index contributed by atoms with van der Waals surface area (Å²) in [5.74, 6) is -1.13. The van der Waals surface area contributed by atoms with Crippen molar-refractivity contribution in [1.29, 1.82) is 0 Å². The third-order valence-corrected chi connectivity index (χ3v) is 3.86. The molecule has 0 fully saturated rings. The minimum Gasteiger partial charge on any atom is -0.493 e. The Hall–Kier alpha value is -1.75. The lowest BCUT2D eigenvalue weighted by molar-refractivity contribution is 0.0987. The number of hydrogen-bond acceptors (Lipinski definition) is 2. The highest BCUT2D eigenvalue weighted by Gasteiger charge is 2.21. The molecule has 0 aromatic heterocycles. The number of carbonyl (C=O) groups is 1. The zero-order valence-corrected chi connectivity index (χ0v) is 12.5. The summed E-state index contributed by atoms with van der Waals surface area (Å²) in [5.41, 5.74) is 1.47. The van der Waals surface area contributed by atoms with Gasteiger partial charge in [0.25, 0.3) is 0 Å². The molecular weight excluding hydrogens is 342 g/mol. The minimum atomic E-state index is -0.714. The summed E-state index contributed by atoms with van der Waals surface area (Å²) in [5, 5.41) is 0. The van der Waals surface area contributed by atoms with E-state index in [0.29, 0.717) is 17.9 Å². The van der Waals surface area contributed by atoms with Gasteiger partial charge in [-0.3, -0.25) is 4.79 Å². The minimum absolute atomic E-state index is 0.0256. The number of ether oxygens (including phenoxy) is 1. The average molecular weight is 353 g/mol. The van der Waals surface area contributed by atoms with Gasteiger partial charge in [0.2, 0.25) is 0 Å². The molecule has 1 aliphatic rings. The van der Waals surface area contributed by atoms with Crippen molar-refractivity contribution in [2.24, 2.45) is 0 Å². The van der Waals surface area contributed by atoms with Crippen molar-refractivity contribution in [3.63, 3.8) is 0 Å². The molecule has 108 valence electrons. The summed E-state index contributed by atoms with van der Waals surface area (Å²) in [6.07, 6.45) is 0.756. The third kappa shape index (κ3) is 2.83. The molecular formula is C16H11BrF2O2. The molecule has 0 saturated heterocycles. The van der Waals surface area contributed by atoms with Gasteiger partial charge in [-0.2, -0.15) is 0 Å². The highest BCUT2D eigenvalue weighted by molar-refractivity contribution is 9.10. The number of carbonyl (C=O) groups excluding carboxylic acids is 1. The Bertz CT molecular complexity index is 728. The van der Waals surface area contributed by atoms with Crippen molar-refractivity contribution in [3.05, 3.63) is 63.1 Å². The molecule has 5 heteroatoms. The van der Waals surface area contributed by atoms with Crippen LogP contribution < -0.4 is 4.74 Å². The topological polar surface area (TPSA) is 26.3 Å². The van der Waals surface area contributed by atoms with Crippen molar-refractivity contribution >= 4 is 21.7 Å². The van der Waals surface area contributed by atoms with E-state index in [4.69, 9.17) is 4.74 Å². The van der Waals surface area contributed by atoms with Crippen LogP contribution >= 0.6 is 15.9 Å². The van der Waals surface area contributed by atoms with Crippen LogP contribution in [0.1, 0.15) is 21.5 Å². The first-order valence-electron chi connectivity index (χ1n) is 6.47. The number of Topliss-reactive ketones (excluding diaryl/α,β-unsaturated/α-hetero) is 1. The number of fused-ring (bicyclic) bond motifs is 1. The van der Waals surface area contributed by atoms with Crippen molar-refractivity contribution in [2.75, 3.05) is 6.61 Å². The Balaban J connectivity index is 1.94. The van der Waals surface area contributed by atoms with Crippen LogP contribution in [-0.4, -0.2) is 12.4 Å². The first-order valence-corrected chi connectivity index (χ1v) is 7.26. The number of rotatable bonds is 3. The predicted octanol–water partition coefficient (Wildman–Crippen LogP) is 4.09. The lowest BCUT2D eigenvalue weighted by Gasteiger charge is -2.09. The Morgan fingerprint density at radius 3 is 2.86 bits per heavy atom. The molecule has 2 aromatic carbocycles. The van der Waals surface area contributed by atoms with E-state index in [9.17, 15) is 13.6 Å². The molecule has 2 nitrogen and oxygen atoms in total. The van der Waals surface area contributed by atoms with Crippen LogP contribution in [-0.2, 0) is 12.8 Å². The van der Waals surface area contributed by atoms with Gasteiger partial charge in [-0.05, 0) is 35.9 Å². The fourth-order valence-corrected chi connectivity index (χ4v) is 3.01. The van der Waals surface area contributed by atoms with E-state index in [1.807, 2.05) is 6.07 Å². The van der Waals surface area contributed by atoms with Gasteiger partial charge in [-0.1, -0.05) is 15.9 Å². The van der Waals surface area contributed by atoms with E-state index in [2.05, 4.69) is 15.9 Å². The molecule has 0 radical (unpaired) electrons. The first kappa shape index (κ1) is 14.2. The lowest BCUT2D eigenvalue weighted by Crippen LogP contribution is -2.08. The fraction of sp³-hybridized carbons (Fsp3) is 0.188. The number of halogens is 3. The largest absolute Gasteiger partial charge is 0.493 e. The molecule has 0 aliphatic carbocycles. The van der Waals surface area contributed by atoms with Crippen LogP contribution in [0.5, 0.6) is 5.75 Å². The van der Waals surface area contributed by atoms with Gasteiger partial charge in [0.1, 0.15) is 17.4 Å². The third-order valence-electron chi connectivity index (χ3n) is 3.41. The lowest BCUT2D eigenvalue weighted by atomic mass is 9.99. The number of hydrogen-bond donors (Lipinski definition) is 0. The van der Waals surface area contributed by atoms with Crippen LogP contribution in [0.25, 0.3) is 0 Å². The van der Waals surface area contributed by atoms with E-state index in [1.54, 1.807) is 6.07 Å². The SMILES string of the molecule is O=C(Cc1cc(Br)cc2c1OCC2)c1cc(F)ccc1F. The quantitative estimate of drug-likeness (QED) is 0.777. The molecule has 21 heavy (non-hydrogen) atoms. The molecule has 0 bridgehead atoms. The summed E-state index contributed by atoms with van der Waals surface area (Å²) < 4.78 is 33.2. The number of ketones is 1. The summed E-state index contributed by atoms with van der Waals surface area (Å²) >= 11 is 3.39. The van der Waals surface area contributed by atoms with E-state index in [0.717, 1.165) is 34.7 Å². The highest BCUT2D eigenvalue weighted by Crippen LogP contribution is 2.33. The zero-order valence-electron chi connectivity index (χ0n) is 11.0. The maximum atomic E-state index is 13.6. The molecule has 3 rings (SSSR count).